The first-order valence-corrected chi connectivity index (χ1v) is 13.9. The van der Waals surface area contributed by atoms with Crippen LogP contribution in [0.5, 0.6) is 0 Å². The number of cyclic esters (lactones) is 1. The van der Waals surface area contributed by atoms with Crippen LogP contribution in [0.15, 0.2) is 47.3 Å². The molecule has 4 aromatic rings. The number of fused-ring (bicyclic) bond motifs is 5. The summed E-state index contributed by atoms with van der Waals surface area (Å²) in [4.78, 5) is 44.4. The molecular formula is C32H28FN3O5. The lowest BCUT2D eigenvalue weighted by Gasteiger charge is -2.30. The summed E-state index contributed by atoms with van der Waals surface area (Å²) in [5.74, 6) is -1.79. The molecule has 2 N–H and O–H groups in total. The number of nitrogens with zero attached hydrogens (tertiary/aromatic N) is 2. The number of amides is 1. The summed E-state index contributed by atoms with van der Waals surface area (Å²) in [5.41, 5.74) is 5.87. The molecule has 41 heavy (non-hydrogen) atoms. The fraction of sp³-hybridized carbons (Fsp3) is 0.312. The third kappa shape index (κ3) is 3.75. The quantitative estimate of drug-likeness (QED) is 0.322. The highest BCUT2D eigenvalue weighted by Gasteiger charge is 2.38. The highest BCUT2D eigenvalue weighted by atomic mass is 19.1. The van der Waals surface area contributed by atoms with E-state index in [2.05, 4.69) is 5.32 Å². The number of hydrogen-bond acceptors (Lipinski definition) is 6. The monoisotopic (exact) mass is 553 g/mol. The van der Waals surface area contributed by atoms with Crippen LogP contribution >= 0.6 is 0 Å². The Bertz CT molecular complexity index is 1850. The molecule has 1 amide bonds. The van der Waals surface area contributed by atoms with Crippen molar-refractivity contribution in [1.82, 2.24) is 14.9 Å². The van der Waals surface area contributed by atoms with Crippen LogP contribution in [-0.4, -0.2) is 26.5 Å². The van der Waals surface area contributed by atoms with Crippen molar-refractivity contribution in [2.75, 3.05) is 0 Å². The Morgan fingerprint density at radius 1 is 1.20 bits per heavy atom. The maximum Gasteiger partial charge on any atom is 0.313 e. The first kappa shape index (κ1) is 25.6. The van der Waals surface area contributed by atoms with Crippen molar-refractivity contribution in [3.05, 3.63) is 97.6 Å². The van der Waals surface area contributed by atoms with E-state index < -0.39 is 24.0 Å². The zero-order valence-electron chi connectivity index (χ0n) is 22.7. The van der Waals surface area contributed by atoms with Gasteiger partial charge < -0.3 is 19.7 Å². The van der Waals surface area contributed by atoms with Crippen molar-refractivity contribution in [1.29, 1.82) is 0 Å². The number of rotatable bonds is 4. The predicted octanol–water partition coefficient (Wildman–Crippen LogP) is 4.26. The number of aliphatic hydroxyl groups is 1. The summed E-state index contributed by atoms with van der Waals surface area (Å²) in [7, 11) is 0. The third-order valence-electron chi connectivity index (χ3n) is 8.88. The Morgan fingerprint density at radius 2 is 1.98 bits per heavy atom. The molecule has 4 heterocycles. The number of carbonyl (C=O) groups is 2. The molecular weight excluding hydrogens is 525 g/mol. The third-order valence-corrected chi connectivity index (χ3v) is 8.88. The number of ether oxygens (including phenoxy) is 1. The second-order valence-corrected chi connectivity index (χ2v) is 11.0. The van der Waals surface area contributed by atoms with Crippen LogP contribution in [0.3, 0.4) is 0 Å². The number of nitrogens with one attached hydrogen (secondary N) is 1. The van der Waals surface area contributed by atoms with Crippen LogP contribution in [0.4, 0.5) is 4.39 Å². The van der Waals surface area contributed by atoms with Gasteiger partial charge in [0.25, 0.3) is 11.5 Å². The lowest BCUT2D eigenvalue weighted by Crippen LogP contribution is -2.35. The molecule has 0 fully saturated rings. The highest BCUT2D eigenvalue weighted by Crippen LogP contribution is 2.45. The number of pyridine rings is 2. The van der Waals surface area contributed by atoms with E-state index in [-0.39, 0.29) is 30.5 Å². The number of aromatic nitrogens is 2. The first-order valence-electron chi connectivity index (χ1n) is 13.9. The number of hydrogen-bond donors (Lipinski definition) is 2. The smallest absolute Gasteiger partial charge is 0.313 e. The molecule has 0 radical (unpaired) electrons. The molecule has 0 spiro atoms. The Kier molecular flexibility index (Phi) is 5.83. The van der Waals surface area contributed by atoms with Gasteiger partial charge in [-0.05, 0) is 60.1 Å². The normalized spacial score (nSPS) is 19.3. The standard InChI is InChI=1S/C32H28FN3O5/c1-3-17-19-11-25-28-20(13-36(25)31(39)21(19)14-41-32(17)40)27-23(35-30(38)29(37)16-7-5-4-6-8-16)10-9-18-15(2)22(33)12-24(34-28)26(18)27/h4-8,11-12,17,23,29,37H,3,9-10,13-14H2,1-2H3,(H,35,38). The van der Waals surface area contributed by atoms with Gasteiger partial charge in [0.1, 0.15) is 12.4 Å². The molecule has 0 saturated heterocycles. The summed E-state index contributed by atoms with van der Waals surface area (Å²) < 4.78 is 22.0. The topological polar surface area (TPSA) is 111 Å². The van der Waals surface area contributed by atoms with E-state index in [9.17, 15) is 19.5 Å². The number of aliphatic hydroxyl groups excluding tert-OH is 1. The van der Waals surface area contributed by atoms with Gasteiger partial charge in [-0.25, -0.2) is 9.37 Å². The van der Waals surface area contributed by atoms with Crippen LogP contribution in [0.2, 0.25) is 0 Å². The fourth-order valence-electron chi connectivity index (χ4n) is 6.76. The van der Waals surface area contributed by atoms with E-state index in [0.29, 0.717) is 58.4 Å². The minimum absolute atomic E-state index is 0.0764. The predicted molar refractivity (Wildman–Crippen MR) is 149 cm³/mol. The van der Waals surface area contributed by atoms with Crippen molar-refractivity contribution in [3.63, 3.8) is 0 Å². The molecule has 0 saturated carbocycles. The van der Waals surface area contributed by atoms with E-state index in [0.717, 1.165) is 22.1 Å². The molecule has 7 rings (SSSR count). The Hall–Kier alpha value is -4.37. The van der Waals surface area contributed by atoms with Crippen molar-refractivity contribution >= 4 is 22.8 Å². The molecule has 0 bridgehead atoms. The van der Waals surface area contributed by atoms with E-state index in [4.69, 9.17) is 9.72 Å². The molecule has 2 aromatic heterocycles. The molecule has 208 valence electrons. The average Bonchev–Trinajstić information content (AvgIpc) is 3.35. The van der Waals surface area contributed by atoms with E-state index in [1.165, 1.54) is 6.07 Å². The number of aryl methyl sites for hydroxylation is 1. The van der Waals surface area contributed by atoms with Gasteiger partial charge in [0.15, 0.2) is 6.10 Å². The number of benzene rings is 2. The first-order chi connectivity index (χ1) is 19.8. The van der Waals surface area contributed by atoms with Crippen molar-refractivity contribution < 1.29 is 23.8 Å². The fourth-order valence-corrected chi connectivity index (χ4v) is 6.76. The van der Waals surface area contributed by atoms with Crippen LogP contribution in [0.25, 0.3) is 22.3 Å². The van der Waals surface area contributed by atoms with Gasteiger partial charge in [-0.1, -0.05) is 37.3 Å². The zero-order valence-corrected chi connectivity index (χ0v) is 22.7. The zero-order chi connectivity index (χ0) is 28.6. The Labute approximate surface area is 234 Å². The van der Waals surface area contributed by atoms with Gasteiger partial charge in [-0.3, -0.25) is 14.4 Å². The van der Waals surface area contributed by atoms with Crippen LogP contribution in [-0.2, 0) is 33.9 Å². The van der Waals surface area contributed by atoms with Gasteiger partial charge >= 0.3 is 5.97 Å². The highest BCUT2D eigenvalue weighted by molar-refractivity contribution is 5.94. The maximum absolute atomic E-state index is 15.1. The second-order valence-electron chi connectivity index (χ2n) is 11.0. The Balaban J connectivity index is 1.41. The molecule has 1 aliphatic carbocycles. The minimum Gasteiger partial charge on any atom is -0.460 e. The molecule has 9 heteroatoms. The van der Waals surface area contributed by atoms with Gasteiger partial charge in [0, 0.05) is 17.0 Å². The van der Waals surface area contributed by atoms with Crippen molar-refractivity contribution in [2.45, 2.75) is 64.3 Å². The summed E-state index contributed by atoms with van der Waals surface area (Å²) in [5, 5.41) is 14.6. The minimum atomic E-state index is -1.35. The number of halogens is 1. The number of esters is 1. The maximum atomic E-state index is 15.1. The van der Waals surface area contributed by atoms with Gasteiger partial charge in [-0.2, -0.15) is 0 Å². The van der Waals surface area contributed by atoms with Crippen LogP contribution in [0, 0.1) is 12.7 Å². The molecule has 2 aliphatic heterocycles. The van der Waals surface area contributed by atoms with Gasteiger partial charge in [0.05, 0.1) is 41.0 Å². The van der Waals surface area contributed by atoms with Crippen LogP contribution in [0.1, 0.15) is 76.8 Å². The van der Waals surface area contributed by atoms with Crippen LogP contribution < -0.4 is 10.9 Å². The van der Waals surface area contributed by atoms with Gasteiger partial charge in [-0.15, -0.1) is 0 Å². The van der Waals surface area contributed by atoms with Gasteiger partial charge in [0.2, 0.25) is 0 Å². The molecule has 3 unspecified atom stereocenters. The lowest BCUT2D eigenvalue weighted by atomic mass is 9.81. The summed E-state index contributed by atoms with van der Waals surface area (Å²) in [6, 6.07) is 11.5. The molecule has 3 aliphatic rings. The van der Waals surface area contributed by atoms with E-state index >= 15 is 4.39 Å². The average molecular weight is 554 g/mol. The largest absolute Gasteiger partial charge is 0.460 e. The number of carbonyl (C=O) groups excluding carboxylic acids is 2. The SMILES string of the molecule is CCC1C(=O)OCc2c1cc1n(c2=O)Cc2c-1nc1cc(F)c(C)c3c1c2C(NC(=O)C(O)c1ccccc1)CC3. The molecule has 8 nitrogen and oxygen atoms in total. The summed E-state index contributed by atoms with van der Waals surface area (Å²) in [6.07, 6.45) is 0.161. The van der Waals surface area contributed by atoms with E-state index in [1.54, 1.807) is 35.8 Å². The second kappa shape index (κ2) is 9.34. The molecule has 2 aromatic carbocycles. The summed E-state index contributed by atoms with van der Waals surface area (Å²) >= 11 is 0. The van der Waals surface area contributed by atoms with Crippen molar-refractivity contribution in [3.8, 4) is 11.4 Å². The lowest BCUT2D eigenvalue weighted by molar-refractivity contribution is -0.148. The van der Waals surface area contributed by atoms with Crippen molar-refractivity contribution in [2.24, 2.45) is 0 Å². The molecule has 3 atom stereocenters. The van der Waals surface area contributed by atoms with E-state index in [1.807, 2.05) is 19.1 Å². The summed E-state index contributed by atoms with van der Waals surface area (Å²) in [6.45, 7) is 3.77. The Morgan fingerprint density at radius 3 is 2.73 bits per heavy atom.